The van der Waals surface area contributed by atoms with Crippen LogP contribution in [0.1, 0.15) is 18.1 Å². The average molecular weight is 354 g/mol. The van der Waals surface area contributed by atoms with E-state index >= 15 is 0 Å². The number of aliphatic imine (C=N–C) groups is 1. The predicted molar refractivity (Wildman–Crippen MR) is 99.8 cm³/mol. The summed E-state index contributed by atoms with van der Waals surface area (Å²) >= 11 is 0. The van der Waals surface area contributed by atoms with Gasteiger partial charge in [-0.1, -0.05) is 24.3 Å². The minimum absolute atomic E-state index is 0.0483. The molecule has 0 bridgehead atoms. The molecule has 0 fully saturated rings. The molecule has 3 aromatic rings. The van der Waals surface area contributed by atoms with Crippen LogP contribution in [0.25, 0.3) is 10.9 Å². The van der Waals surface area contributed by atoms with E-state index in [4.69, 9.17) is 0 Å². The average Bonchev–Trinajstić information content (AvgIpc) is 2.66. The number of aromatic nitrogens is 1. The van der Waals surface area contributed by atoms with Crippen LogP contribution in [0.2, 0.25) is 0 Å². The molecule has 4 nitrogen and oxygen atoms in total. The van der Waals surface area contributed by atoms with Crippen LogP contribution in [0.4, 0.5) is 8.78 Å². The Balaban J connectivity index is 1.74. The van der Waals surface area contributed by atoms with E-state index in [1.54, 1.807) is 6.20 Å². The topological polar surface area (TPSA) is 49.3 Å². The zero-order chi connectivity index (χ0) is 18.4. The standard InChI is InChI=1S/C20H20F2N4/c1-2-23-20(26-13-16-11-17(21)8-9-18(16)22)25-12-15-6-3-5-14-7-4-10-24-19(14)15/h3-11H,2,12-13H2,1H3,(H2,23,25,26). The summed E-state index contributed by atoms with van der Waals surface area (Å²) in [6, 6.07) is 13.3. The van der Waals surface area contributed by atoms with Crippen LogP contribution in [0.3, 0.4) is 0 Å². The number of guanidine groups is 1. The van der Waals surface area contributed by atoms with Gasteiger partial charge in [0.05, 0.1) is 12.1 Å². The number of halogens is 2. The number of pyridine rings is 1. The second-order valence-corrected chi connectivity index (χ2v) is 5.78. The third-order valence-electron chi connectivity index (χ3n) is 3.92. The molecule has 1 heterocycles. The first-order valence-electron chi connectivity index (χ1n) is 8.46. The van der Waals surface area contributed by atoms with Crippen LogP contribution in [0.5, 0.6) is 0 Å². The van der Waals surface area contributed by atoms with E-state index in [1.165, 1.54) is 0 Å². The van der Waals surface area contributed by atoms with Crippen molar-refractivity contribution in [1.82, 2.24) is 15.6 Å². The highest BCUT2D eigenvalue weighted by molar-refractivity contribution is 5.83. The van der Waals surface area contributed by atoms with E-state index in [1.807, 2.05) is 37.3 Å². The van der Waals surface area contributed by atoms with E-state index in [2.05, 4.69) is 20.6 Å². The lowest BCUT2D eigenvalue weighted by molar-refractivity contribution is 0.585. The van der Waals surface area contributed by atoms with Crippen molar-refractivity contribution in [3.8, 4) is 0 Å². The van der Waals surface area contributed by atoms with Crippen LogP contribution >= 0.6 is 0 Å². The lowest BCUT2D eigenvalue weighted by Gasteiger charge is -2.12. The molecule has 0 saturated carbocycles. The molecule has 0 amide bonds. The van der Waals surface area contributed by atoms with Gasteiger partial charge >= 0.3 is 0 Å². The number of rotatable bonds is 5. The molecule has 2 aromatic carbocycles. The van der Waals surface area contributed by atoms with Crippen molar-refractivity contribution < 1.29 is 8.78 Å². The third kappa shape index (κ3) is 4.33. The fourth-order valence-corrected chi connectivity index (χ4v) is 2.66. The van der Waals surface area contributed by atoms with Gasteiger partial charge in [0, 0.05) is 30.2 Å². The van der Waals surface area contributed by atoms with Gasteiger partial charge in [-0.15, -0.1) is 0 Å². The molecule has 0 aliphatic rings. The number of nitrogens with one attached hydrogen (secondary N) is 2. The van der Waals surface area contributed by atoms with Crippen molar-refractivity contribution in [3.63, 3.8) is 0 Å². The minimum atomic E-state index is -0.476. The van der Waals surface area contributed by atoms with Crippen molar-refractivity contribution in [1.29, 1.82) is 0 Å². The number of fused-ring (bicyclic) bond motifs is 1. The molecule has 0 radical (unpaired) electrons. The van der Waals surface area contributed by atoms with E-state index in [-0.39, 0.29) is 12.1 Å². The molecule has 1 aromatic heterocycles. The van der Waals surface area contributed by atoms with Crippen molar-refractivity contribution in [2.24, 2.45) is 4.99 Å². The van der Waals surface area contributed by atoms with Gasteiger partial charge in [0.15, 0.2) is 5.96 Å². The lowest BCUT2D eigenvalue weighted by Crippen LogP contribution is -2.36. The molecule has 134 valence electrons. The minimum Gasteiger partial charge on any atom is -0.357 e. The Morgan fingerprint density at radius 2 is 1.88 bits per heavy atom. The van der Waals surface area contributed by atoms with Crippen molar-refractivity contribution in [3.05, 3.63) is 77.5 Å². The van der Waals surface area contributed by atoms with Gasteiger partial charge in [0.25, 0.3) is 0 Å². The van der Waals surface area contributed by atoms with Gasteiger partial charge in [-0.2, -0.15) is 0 Å². The number of hydrogen-bond donors (Lipinski definition) is 2. The van der Waals surface area contributed by atoms with E-state index in [0.29, 0.717) is 19.0 Å². The van der Waals surface area contributed by atoms with Crippen molar-refractivity contribution >= 4 is 16.9 Å². The van der Waals surface area contributed by atoms with Gasteiger partial charge in [0.2, 0.25) is 0 Å². The van der Waals surface area contributed by atoms with Crippen LogP contribution in [0.15, 0.2) is 59.7 Å². The molecule has 26 heavy (non-hydrogen) atoms. The number of hydrogen-bond acceptors (Lipinski definition) is 2. The van der Waals surface area contributed by atoms with Crippen LogP contribution < -0.4 is 10.6 Å². The molecule has 3 rings (SSSR count). The van der Waals surface area contributed by atoms with Gasteiger partial charge in [-0.05, 0) is 36.8 Å². The van der Waals surface area contributed by atoms with Gasteiger partial charge in [0.1, 0.15) is 11.6 Å². The zero-order valence-electron chi connectivity index (χ0n) is 14.5. The van der Waals surface area contributed by atoms with Crippen LogP contribution in [-0.4, -0.2) is 17.5 Å². The largest absolute Gasteiger partial charge is 0.357 e. The summed E-state index contributed by atoms with van der Waals surface area (Å²) in [4.78, 5) is 8.78. The fourth-order valence-electron chi connectivity index (χ4n) is 2.66. The van der Waals surface area contributed by atoms with Crippen molar-refractivity contribution in [2.45, 2.75) is 20.0 Å². The highest BCUT2D eigenvalue weighted by Crippen LogP contribution is 2.15. The van der Waals surface area contributed by atoms with E-state index < -0.39 is 11.6 Å². The van der Waals surface area contributed by atoms with E-state index in [9.17, 15) is 8.78 Å². The summed E-state index contributed by atoms with van der Waals surface area (Å²) in [6.07, 6.45) is 1.76. The van der Waals surface area contributed by atoms with Crippen LogP contribution in [0, 0.1) is 11.6 Å². The molecule has 0 aliphatic carbocycles. The Morgan fingerprint density at radius 3 is 2.73 bits per heavy atom. The summed E-state index contributed by atoms with van der Waals surface area (Å²) in [5, 5.41) is 7.39. The molecule has 6 heteroatoms. The number of benzene rings is 2. The monoisotopic (exact) mass is 354 g/mol. The maximum Gasteiger partial charge on any atom is 0.191 e. The molecule has 0 aliphatic heterocycles. The highest BCUT2D eigenvalue weighted by Gasteiger charge is 2.06. The lowest BCUT2D eigenvalue weighted by atomic mass is 10.1. The number of para-hydroxylation sites is 1. The Kier molecular flexibility index (Phi) is 5.73. The normalized spacial score (nSPS) is 11.6. The molecular weight excluding hydrogens is 334 g/mol. The van der Waals surface area contributed by atoms with Crippen molar-refractivity contribution in [2.75, 3.05) is 6.54 Å². The first-order valence-corrected chi connectivity index (χ1v) is 8.46. The second-order valence-electron chi connectivity index (χ2n) is 5.78. The molecule has 0 saturated heterocycles. The number of nitrogens with zero attached hydrogens (tertiary/aromatic N) is 2. The maximum absolute atomic E-state index is 13.7. The van der Waals surface area contributed by atoms with Crippen LogP contribution in [-0.2, 0) is 13.1 Å². The molecule has 0 unspecified atom stereocenters. The summed E-state index contributed by atoms with van der Waals surface area (Å²) < 4.78 is 27.0. The SMILES string of the molecule is CCNC(=NCc1cc(F)ccc1F)NCc1cccc2cccnc12. The summed E-state index contributed by atoms with van der Waals surface area (Å²) in [6.45, 7) is 3.17. The predicted octanol–water partition coefficient (Wildman–Crippen LogP) is 3.77. The summed E-state index contributed by atoms with van der Waals surface area (Å²) in [5.41, 5.74) is 2.18. The first kappa shape index (κ1) is 17.8. The van der Waals surface area contributed by atoms with Gasteiger partial charge in [-0.3, -0.25) is 4.98 Å². The quantitative estimate of drug-likeness (QED) is 0.542. The summed E-state index contributed by atoms with van der Waals surface area (Å²) in [5.74, 6) is -0.412. The summed E-state index contributed by atoms with van der Waals surface area (Å²) in [7, 11) is 0. The molecule has 0 spiro atoms. The molecular formula is C20H20F2N4. The van der Waals surface area contributed by atoms with Gasteiger partial charge in [-0.25, -0.2) is 13.8 Å². The Labute approximate surface area is 151 Å². The van der Waals surface area contributed by atoms with Gasteiger partial charge < -0.3 is 10.6 Å². The maximum atomic E-state index is 13.7. The third-order valence-corrected chi connectivity index (χ3v) is 3.92. The van der Waals surface area contributed by atoms with E-state index in [0.717, 1.165) is 34.7 Å². The second kappa shape index (κ2) is 8.38. The Morgan fingerprint density at radius 1 is 1.04 bits per heavy atom. The highest BCUT2D eigenvalue weighted by atomic mass is 19.1. The molecule has 0 atom stereocenters. The first-order chi connectivity index (χ1) is 12.7. The Hall–Kier alpha value is -3.02. The molecule has 2 N–H and O–H groups in total. The zero-order valence-corrected chi connectivity index (χ0v) is 14.5. The Bertz CT molecular complexity index is 919. The fraction of sp³-hybridized carbons (Fsp3) is 0.200. The smallest absolute Gasteiger partial charge is 0.191 e.